The fourth-order valence-corrected chi connectivity index (χ4v) is 2.73. The quantitative estimate of drug-likeness (QED) is 0.652. The summed E-state index contributed by atoms with van der Waals surface area (Å²) in [5, 5.41) is 7.24. The lowest BCUT2D eigenvalue weighted by atomic mass is 9.95. The van der Waals surface area contributed by atoms with Gasteiger partial charge in [0.2, 0.25) is 0 Å². The van der Waals surface area contributed by atoms with Gasteiger partial charge in [-0.05, 0) is 33.6 Å². The summed E-state index contributed by atoms with van der Waals surface area (Å²) >= 11 is 0. The van der Waals surface area contributed by atoms with E-state index < -0.39 is 0 Å². The van der Waals surface area contributed by atoms with Gasteiger partial charge in [0, 0.05) is 31.5 Å². The van der Waals surface area contributed by atoms with Crippen LogP contribution in [-0.2, 0) is 4.74 Å². The van der Waals surface area contributed by atoms with E-state index in [1.54, 1.807) is 7.05 Å². The Kier molecular flexibility index (Phi) is 5.12. The lowest BCUT2D eigenvalue weighted by Gasteiger charge is -2.21. The van der Waals surface area contributed by atoms with E-state index in [-0.39, 0.29) is 12.0 Å². The van der Waals surface area contributed by atoms with Gasteiger partial charge in [-0.2, -0.15) is 5.10 Å². The molecule has 21 heavy (non-hydrogen) atoms. The minimum absolute atomic E-state index is 0.0205. The highest BCUT2D eigenvalue weighted by atomic mass is 16.5. The van der Waals surface area contributed by atoms with E-state index in [9.17, 15) is 0 Å². The van der Waals surface area contributed by atoms with E-state index in [2.05, 4.69) is 20.2 Å². The van der Waals surface area contributed by atoms with Gasteiger partial charge in [-0.25, -0.2) is 0 Å². The van der Waals surface area contributed by atoms with E-state index >= 15 is 0 Å². The normalized spacial score (nSPS) is 19.8. The third kappa shape index (κ3) is 3.50. The van der Waals surface area contributed by atoms with Crippen LogP contribution in [0.3, 0.4) is 0 Å². The van der Waals surface area contributed by atoms with Crippen molar-refractivity contribution in [1.82, 2.24) is 10.2 Å². The van der Waals surface area contributed by atoms with Crippen molar-refractivity contribution in [2.24, 2.45) is 21.6 Å². The van der Waals surface area contributed by atoms with Crippen molar-refractivity contribution in [3.8, 4) is 0 Å². The fourth-order valence-electron chi connectivity index (χ4n) is 2.73. The average molecular weight is 291 g/mol. The van der Waals surface area contributed by atoms with Crippen molar-refractivity contribution in [3.05, 3.63) is 17.0 Å². The van der Waals surface area contributed by atoms with Gasteiger partial charge >= 0.3 is 0 Å². The minimum atomic E-state index is -0.0205. The molecule has 1 saturated heterocycles. The molecule has 1 atom stereocenters. The highest BCUT2D eigenvalue weighted by Gasteiger charge is 2.22. The minimum Gasteiger partial charge on any atom is -0.387 e. The standard InChI is InChI=1S/C15H25N5O/c1-9(15(16)18-12-5-7-21-8-6-12)14(17-4)13-10(2)19-20-11(13)3/h9,12H,5-8H2,1-4H3,(H2,16,18)(H,19,20). The number of aryl methyl sites for hydroxylation is 2. The summed E-state index contributed by atoms with van der Waals surface area (Å²) in [4.78, 5) is 9.11. The highest BCUT2D eigenvalue weighted by molar-refractivity contribution is 6.14. The molecule has 1 unspecified atom stereocenters. The number of nitrogens with two attached hydrogens (primary N) is 1. The number of nitrogens with zero attached hydrogens (tertiary/aromatic N) is 3. The van der Waals surface area contributed by atoms with E-state index in [4.69, 9.17) is 10.5 Å². The topological polar surface area (TPSA) is 88.7 Å². The first kappa shape index (κ1) is 15.7. The average Bonchev–Trinajstić information content (AvgIpc) is 2.81. The highest BCUT2D eigenvalue weighted by Crippen LogP contribution is 2.18. The molecule has 1 aromatic heterocycles. The van der Waals surface area contributed by atoms with Gasteiger partial charge in [0.05, 0.1) is 23.4 Å². The molecule has 1 aliphatic rings. The Morgan fingerprint density at radius 1 is 1.38 bits per heavy atom. The van der Waals surface area contributed by atoms with Gasteiger partial charge in [-0.15, -0.1) is 0 Å². The molecule has 1 aromatic rings. The van der Waals surface area contributed by atoms with Gasteiger partial charge in [-0.3, -0.25) is 15.1 Å². The Hall–Kier alpha value is -1.69. The Labute approximate surface area is 125 Å². The largest absolute Gasteiger partial charge is 0.387 e. The maximum absolute atomic E-state index is 6.23. The van der Waals surface area contributed by atoms with Crippen molar-refractivity contribution in [2.75, 3.05) is 20.3 Å². The van der Waals surface area contributed by atoms with Crippen LogP contribution in [-0.4, -0.2) is 48.0 Å². The second-order valence-electron chi connectivity index (χ2n) is 5.54. The van der Waals surface area contributed by atoms with Crippen LogP contribution in [0.5, 0.6) is 0 Å². The summed E-state index contributed by atoms with van der Waals surface area (Å²) in [5.74, 6) is 0.621. The molecule has 2 rings (SSSR count). The zero-order valence-electron chi connectivity index (χ0n) is 13.3. The van der Waals surface area contributed by atoms with Gasteiger partial charge in [0.1, 0.15) is 5.84 Å². The Morgan fingerprint density at radius 2 is 2.05 bits per heavy atom. The molecule has 0 radical (unpaired) electrons. The van der Waals surface area contributed by atoms with Gasteiger partial charge < -0.3 is 10.5 Å². The summed E-state index contributed by atoms with van der Waals surface area (Å²) in [6.45, 7) is 7.56. The number of amidine groups is 1. The summed E-state index contributed by atoms with van der Waals surface area (Å²) in [6.07, 6.45) is 1.88. The molecule has 3 N–H and O–H groups in total. The molecule has 0 aliphatic carbocycles. The number of hydrogen-bond acceptors (Lipinski definition) is 4. The van der Waals surface area contributed by atoms with Crippen LogP contribution >= 0.6 is 0 Å². The number of ether oxygens (including phenoxy) is 1. The molecule has 0 saturated carbocycles. The number of rotatable bonds is 4. The van der Waals surface area contributed by atoms with Crippen molar-refractivity contribution < 1.29 is 4.74 Å². The smallest absolute Gasteiger partial charge is 0.103 e. The van der Waals surface area contributed by atoms with Crippen molar-refractivity contribution in [1.29, 1.82) is 0 Å². The summed E-state index contributed by atoms with van der Waals surface area (Å²) in [5.41, 5.74) is 10.2. The van der Waals surface area contributed by atoms with Crippen LogP contribution in [0.1, 0.15) is 36.7 Å². The van der Waals surface area contributed by atoms with Crippen LogP contribution in [0.2, 0.25) is 0 Å². The summed E-state index contributed by atoms with van der Waals surface area (Å²) < 4.78 is 5.35. The number of aromatic nitrogens is 2. The van der Waals surface area contributed by atoms with Crippen LogP contribution in [0.4, 0.5) is 0 Å². The number of aliphatic imine (C=N–C) groups is 2. The molecule has 1 fully saturated rings. The maximum Gasteiger partial charge on any atom is 0.103 e. The predicted molar refractivity (Wildman–Crippen MR) is 85.2 cm³/mol. The van der Waals surface area contributed by atoms with Crippen molar-refractivity contribution in [3.63, 3.8) is 0 Å². The monoisotopic (exact) mass is 291 g/mol. The second kappa shape index (κ2) is 6.85. The van der Waals surface area contributed by atoms with Crippen molar-refractivity contribution in [2.45, 2.75) is 39.7 Å². The fraction of sp³-hybridized carbons (Fsp3) is 0.667. The van der Waals surface area contributed by atoms with Gasteiger partial charge in [-0.1, -0.05) is 0 Å². The Bertz CT molecular complexity index is 521. The number of hydrogen-bond donors (Lipinski definition) is 2. The molecule has 0 spiro atoms. The molecule has 116 valence electrons. The van der Waals surface area contributed by atoms with E-state index in [1.807, 2.05) is 20.8 Å². The number of H-pyrrole nitrogens is 1. The number of aromatic amines is 1. The molecule has 6 nitrogen and oxygen atoms in total. The van der Waals surface area contributed by atoms with Crippen molar-refractivity contribution >= 4 is 11.5 Å². The third-order valence-electron chi connectivity index (χ3n) is 4.00. The molecular weight excluding hydrogens is 266 g/mol. The lowest BCUT2D eigenvalue weighted by Crippen LogP contribution is -2.32. The summed E-state index contributed by atoms with van der Waals surface area (Å²) in [6, 6.07) is 0.269. The first-order valence-electron chi connectivity index (χ1n) is 7.44. The van der Waals surface area contributed by atoms with Crippen LogP contribution in [0.15, 0.2) is 9.98 Å². The zero-order chi connectivity index (χ0) is 15.4. The molecular formula is C15H25N5O. The van der Waals surface area contributed by atoms with Gasteiger partial charge in [0.25, 0.3) is 0 Å². The Balaban J connectivity index is 2.20. The van der Waals surface area contributed by atoms with Crippen LogP contribution in [0, 0.1) is 19.8 Å². The number of nitrogens with one attached hydrogen (secondary N) is 1. The first-order chi connectivity index (χ1) is 10.0. The molecule has 0 amide bonds. The first-order valence-corrected chi connectivity index (χ1v) is 7.44. The SMILES string of the molecule is CN=C(c1c(C)n[nH]c1C)C(C)C(N)=NC1CCOCC1. The molecule has 0 bridgehead atoms. The van der Waals surface area contributed by atoms with Gasteiger partial charge in [0.15, 0.2) is 0 Å². The van der Waals surface area contributed by atoms with Crippen LogP contribution in [0.25, 0.3) is 0 Å². The molecule has 2 heterocycles. The summed E-state index contributed by atoms with van der Waals surface area (Å²) in [7, 11) is 1.79. The lowest BCUT2D eigenvalue weighted by molar-refractivity contribution is 0.0870. The molecule has 6 heteroatoms. The molecule has 1 aliphatic heterocycles. The predicted octanol–water partition coefficient (Wildman–Crippen LogP) is 1.62. The van der Waals surface area contributed by atoms with E-state index in [0.717, 1.165) is 48.7 Å². The second-order valence-corrected chi connectivity index (χ2v) is 5.54. The Morgan fingerprint density at radius 3 is 2.57 bits per heavy atom. The van der Waals surface area contributed by atoms with Crippen LogP contribution < -0.4 is 5.73 Å². The zero-order valence-corrected chi connectivity index (χ0v) is 13.3. The maximum atomic E-state index is 6.23. The third-order valence-corrected chi connectivity index (χ3v) is 4.00. The molecule has 0 aromatic carbocycles. The van der Waals surface area contributed by atoms with E-state index in [0.29, 0.717) is 5.84 Å². The van der Waals surface area contributed by atoms with E-state index in [1.165, 1.54) is 0 Å².